The Morgan fingerprint density at radius 1 is 1.06 bits per heavy atom. The topological polar surface area (TPSA) is 46.5 Å². The van der Waals surface area contributed by atoms with Crippen LogP contribution in [0.25, 0.3) is 0 Å². The molecule has 2 aromatic carbocycles. The largest absolute Gasteiger partial charge is 0.504 e. The van der Waals surface area contributed by atoms with E-state index in [2.05, 4.69) is 0 Å². The number of phenols is 1. The number of aldehydes is 1. The van der Waals surface area contributed by atoms with Gasteiger partial charge in [0.15, 0.2) is 11.5 Å². The quantitative estimate of drug-likeness (QED) is 0.760. The molecule has 3 rings (SSSR count). The minimum absolute atomic E-state index is 0.0591. The molecular weight excluding hydrogens is 216 g/mol. The van der Waals surface area contributed by atoms with Crippen LogP contribution in [0.15, 0.2) is 42.5 Å². The molecular formula is C14H10O3. The van der Waals surface area contributed by atoms with Crippen molar-refractivity contribution in [1.29, 1.82) is 0 Å². The van der Waals surface area contributed by atoms with Crippen LogP contribution in [0.1, 0.15) is 17.0 Å². The lowest BCUT2D eigenvalue weighted by Gasteiger charge is -2.25. The first-order valence-corrected chi connectivity index (χ1v) is 5.35. The highest BCUT2D eigenvalue weighted by atomic mass is 16.5. The van der Waals surface area contributed by atoms with E-state index in [0.717, 1.165) is 11.8 Å². The molecule has 3 heteroatoms. The number of phenolic OH excluding ortho intramolecular Hbond substituents is 1. The second kappa shape index (κ2) is 3.63. The van der Waals surface area contributed by atoms with Gasteiger partial charge in [-0.05, 0) is 12.1 Å². The molecule has 0 saturated carbocycles. The second-order valence-corrected chi connectivity index (χ2v) is 3.95. The van der Waals surface area contributed by atoms with E-state index < -0.39 is 0 Å². The maximum absolute atomic E-state index is 11.3. The number of hydrogen-bond acceptors (Lipinski definition) is 3. The Hall–Kier alpha value is -2.29. The van der Waals surface area contributed by atoms with E-state index in [0.29, 0.717) is 17.1 Å². The second-order valence-electron chi connectivity index (χ2n) is 3.95. The Balaban J connectivity index is 2.25. The predicted octanol–water partition coefficient (Wildman–Crippen LogP) is 2.83. The fourth-order valence-electron chi connectivity index (χ4n) is 2.15. The fraction of sp³-hybridized carbons (Fsp3) is 0.0714. The molecule has 1 aliphatic rings. The van der Waals surface area contributed by atoms with Crippen LogP contribution in [0.5, 0.6) is 17.2 Å². The van der Waals surface area contributed by atoms with Crippen molar-refractivity contribution < 1.29 is 14.6 Å². The van der Waals surface area contributed by atoms with Gasteiger partial charge in [0.25, 0.3) is 0 Å². The highest BCUT2D eigenvalue weighted by molar-refractivity contribution is 5.75. The molecule has 1 N–H and O–H groups in total. The number of hydrogen-bond donors (Lipinski definition) is 1. The van der Waals surface area contributed by atoms with Gasteiger partial charge < -0.3 is 14.6 Å². The van der Waals surface area contributed by atoms with Crippen molar-refractivity contribution in [2.75, 3.05) is 0 Å². The van der Waals surface area contributed by atoms with Crippen LogP contribution >= 0.6 is 0 Å². The Kier molecular flexibility index (Phi) is 2.11. The Morgan fingerprint density at radius 3 is 2.65 bits per heavy atom. The zero-order chi connectivity index (χ0) is 11.8. The zero-order valence-corrected chi connectivity index (χ0v) is 8.96. The van der Waals surface area contributed by atoms with Gasteiger partial charge in [-0.15, -0.1) is 0 Å². The summed E-state index contributed by atoms with van der Waals surface area (Å²) < 4.78 is 5.63. The molecule has 0 bridgehead atoms. The number of carbonyl (C=O) groups is 1. The number of carbonyl (C=O) groups excluding carboxylic acids is 1. The molecule has 0 saturated heterocycles. The van der Waals surface area contributed by atoms with E-state index in [-0.39, 0.29) is 11.7 Å². The highest BCUT2D eigenvalue weighted by Crippen LogP contribution is 2.46. The zero-order valence-electron chi connectivity index (χ0n) is 8.96. The number of rotatable bonds is 1. The van der Waals surface area contributed by atoms with Gasteiger partial charge in [-0.3, -0.25) is 0 Å². The molecule has 0 amide bonds. The third-order valence-corrected chi connectivity index (χ3v) is 2.96. The third-order valence-electron chi connectivity index (χ3n) is 2.96. The Bertz CT molecular complexity index is 590. The first-order valence-electron chi connectivity index (χ1n) is 5.35. The van der Waals surface area contributed by atoms with E-state index in [4.69, 9.17) is 4.74 Å². The maximum atomic E-state index is 11.3. The molecule has 2 aromatic rings. The molecule has 0 aromatic heterocycles. The summed E-state index contributed by atoms with van der Waals surface area (Å²) in [7, 11) is 0. The summed E-state index contributed by atoms with van der Waals surface area (Å²) in [5.41, 5.74) is 1.54. The first-order chi connectivity index (χ1) is 8.31. The first kappa shape index (κ1) is 9.90. The fourth-order valence-corrected chi connectivity index (χ4v) is 2.15. The summed E-state index contributed by atoms with van der Waals surface area (Å²) in [6, 6.07) is 12.4. The van der Waals surface area contributed by atoms with Gasteiger partial charge in [-0.2, -0.15) is 0 Å². The van der Waals surface area contributed by atoms with E-state index in [1.807, 2.05) is 18.2 Å². The molecule has 1 heterocycles. The van der Waals surface area contributed by atoms with Gasteiger partial charge >= 0.3 is 0 Å². The van der Waals surface area contributed by atoms with Crippen molar-refractivity contribution in [3.05, 3.63) is 53.6 Å². The van der Waals surface area contributed by atoms with Crippen molar-refractivity contribution in [3.63, 3.8) is 0 Å². The van der Waals surface area contributed by atoms with Crippen LogP contribution in [-0.2, 0) is 4.79 Å². The van der Waals surface area contributed by atoms with Gasteiger partial charge in [0, 0.05) is 11.1 Å². The minimum atomic E-state index is -0.373. The van der Waals surface area contributed by atoms with Gasteiger partial charge in [0.05, 0.1) is 5.92 Å². The molecule has 17 heavy (non-hydrogen) atoms. The average molecular weight is 226 g/mol. The number of para-hydroxylation sites is 2. The Labute approximate surface area is 98.3 Å². The lowest BCUT2D eigenvalue weighted by atomic mass is 9.89. The SMILES string of the molecule is O=CC1c2ccccc2Oc2c(O)cccc21. The van der Waals surface area contributed by atoms with Crippen molar-refractivity contribution in [1.82, 2.24) is 0 Å². The van der Waals surface area contributed by atoms with Crippen LogP contribution in [0.4, 0.5) is 0 Å². The smallest absolute Gasteiger partial charge is 0.173 e. The molecule has 1 aliphatic heterocycles. The predicted molar refractivity (Wildman–Crippen MR) is 62.5 cm³/mol. The Morgan fingerprint density at radius 2 is 1.82 bits per heavy atom. The molecule has 0 radical (unpaired) electrons. The van der Waals surface area contributed by atoms with Crippen LogP contribution in [0.2, 0.25) is 0 Å². The van der Waals surface area contributed by atoms with E-state index in [9.17, 15) is 9.90 Å². The lowest BCUT2D eigenvalue weighted by molar-refractivity contribution is -0.108. The van der Waals surface area contributed by atoms with E-state index in [1.165, 1.54) is 0 Å². The van der Waals surface area contributed by atoms with Gasteiger partial charge in [0.1, 0.15) is 12.0 Å². The summed E-state index contributed by atoms with van der Waals surface area (Å²) in [4.78, 5) is 11.3. The van der Waals surface area contributed by atoms with Gasteiger partial charge in [-0.25, -0.2) is 0 Å². The van der Waals surface area contributed by atoms with Crippen molar-refractivity contribution in [2.24, 2.45) is 0 Å². The van der Waals surface area contributed by atoms with Crippen LogP contribution in [0.3, 0.4) is 0 Å². The van der Waals surface area contributed by atoms with Crippen molar-refractivity contribution in [2.45, 2.75) is 5.92 Å². The normalized spacial score (nSPS) is 16.6. The number of aromatic hydroxyl groups is 1. The summed E-state index contributed by atoms with van der Waals surface area (Å²) in [6.45, 7) is 0. The van der Waals surface area contributed by atoms with Crippen molar-refractivity contribution >= 4 is 6.29 Å². The molecule has 84 valence electrons. The summed E-state index contributed by atoms with van der Waals surface area (Å²) in [5, 5.41) is 9.75. The molecule has 0 aliphatic carbocycles. The maximum Gasteiger partial charge on any atom is 0.173 e. The monoisotopic (exact) mass is 226 g/mol. The molecule has 1 atom stereocenters. The average Bonchev–Trinajstić information content (AvgIpc) is 2.37. The highest BCUT2D eigenvalue weighted by Gasteiger charge is 2.28. The number of ether oxygens (including phenoxy) is 1. The van der Waals surface area contributed by atoms with Crippen LogP contribution in [0, 0.1) is 0 Å². The van der Waals surface area contributed by atoms with Crippen LogP contribution < -0.4 is 4.74 Å². The molecule has 0 spiro atoms. The minimum Gasteiger partial charge on any atom is -0.504 e. The van der Waals surface area contributed by atoms with Crippen LogP contribution in [-0.4, -0.2) is 11.4 Å². The van der Waals surface area contributed by atoms with E-state index >= 15 is 0 Å². The lowest BCUT2D eigenvalue weighted by Crippen LogP contribution is -2.11. The molecule has 3 nitrogen and oxygen atoms in total. The van der Waals surface area contributed by atoms with Gasteiger partial charge in [0.2, 0.25) is 0 Å². The van der Waals surface area contributed by atoms with Crippen molar-refractivity contribution in [3.8, 4) is 17.2 Å². The summed E-state index contributed by atoms with van der Waals surface area (Å²) in [5.74, 6) is 0.688. The van der Waals surface area contributed by atoms with Gasteiger partial charge in [-0.1, -0.05) is 30.3 Å². The summed E-state index contributed by atoms with van der Waals surface area (Å²) >= 11 is 0. The molecule has 1 unspecified atom stereocenters. The number of benzene rings is 2. The number of fused-ring (bicyclic) bond motifs is 2. The standard InChI is InChI=1S/C14H10O3/c15-8-11-9-4-1-2-7-13(9)17-14-10(11)5-3-6-12(14)16/h1-8,11,16H. The van der Waals surface area contributed by atoms with E-state index in [1.54, 1.807) is 24.3 Å². The molecule has 0 fully saturated rings. The third kappa shape index (κ3) is 1.40. The summed E-state index contributed by atoms with van der Waals surface area (Å²) in [6.07, 6.45) is 0.875.